The lowest BCUT2D eigenvalue weighted by Crippen LogP contribution is -1.99. The van der Waals surface area contributed by atoms with Gasteiger partial charge < -0.3 is 4.98 Å². The number of nitrogens with zero attached hydrogens (tertiary/aromatic N) is 2. The number of fused-ring (bicyclic) bond motifs is 1. The lowest BCUT2D eigenvalue weighted by atomic mass is 10.1. The van der Waals surface area contributed by atoms with Gasteiger partial charge in [-0.3, -0.25) is 4.57 Å². The monoisotopic (exact) mass is 279 g/mol. The summed E-state index contributed by atoms with van der Waals surface area (Å²) < 4.78 is 2.53. The van der Waals surface area contributed by atoms with Gasteiger partial charge in [0.1, 0.15) is 6.07 Å². The summed E-state index contributed by atoms with van der Waals surface area (Å²) in [5.74, 6) is 0. The van der Waals surface area contributed by atoms with Gasteiger partial charge in [-0.1, -0.05) is 18.2 Å². The smallest absolute Gasteiger partial charge is 0.182 e. The number of benzene rings is 2. The number of hydrogen-bond donors (Lipinski definition) is 1. The fourth-order valence-electron chi connectivity index (χ4n) is 2.45. The first-order chi connectivity index (χ1) is 9.61. The summed E-state index contributed by atoms with van der Waals surface area (Å²) in [4.78, 5) is 3.21. The molecule has 0 atom stereocenters. The van der Waals surface area contributed by atoms with E-state index in [2.05, 4.69) is 17.1 Å². The zero-order valence-electron chi connectivity index (χ0n) is 11.3. The molecule has 98 valence electrons. The van der Waals surface area contributed by atoms with E-state index < -0.39 is 0 Å². The molecule has 1 N–H and O–H groups in total. The summed E-state index contributed by atoms with van der Waals surface area (Å²) in [5, 5.41) is 9.40. The number of imidazole rings is 1. The van der Waals surface area contributed by atoms with Crippen molar-refractivity contribution in [2.24, 2.45) is 0 Å². The van der Waals surface area contributed by atoms with Gasteiger partial charge in [-0.15, -0.1) is 0 Å². The first kappa shape index (κ1) is 12.6. The second-order valence-corrected chi connectivity index (χ2v) is 5.25. The molecule has 3 nitrogen and oxygen atoms in total. The molecule has 3 aromatic rings. The van der Waals surface area contributed by atoms with Gasteiger partial charge in [0.25, 0.3) is 0 Å². The maximum absolute atomic E-state index is 9.40. The van der Waals surface area contributed by atoms with Crippen molar-refractivity contribution in [2.45, 2.75) is 13.8 Å². The molecule has 4 heteroatoms. The van der Waals surface area contributed by atoms with Crippen LogP contribution in [0.2, 0.25) is 0 Å². The Morgan fingerprint density at radius 3 is 2.75 bits per heavy atom. The third-order valence-corrected chi connectivity index (χ3v) is 3.73. The molecule has 0 saturated heterocycles. The molecule has 1 heterocycles. The van der Waals surface area contributed by atoms with Crippen LogP contribution in [0.25, 0.3) is 16.7 Å². The Morgan fingerprint density at radius 2 is 2.00 bits per heavy atom. The van der Waals surface area contributed by atoms with Crippen molar-refractivity contribution in [3.8, 4) is 11.8 Å². The molecule has 0 aliphatic rings. The van der Waals surface area contributed by atoms with Gasteiger partial charge in [0, 0.05) is 0 Å². The predicted octanol–water partition coefficient (Wildman–Crippen LogP) is 4.18. The van der Waals surface area contributed by atoms with Crippen molar-refractivity contribution in [3.63, 3.8) is 0 Å². The Balaban J connectivity index is 2.42. The molecular weight excluding hydrogens is 266 g/mol. The van der Waals surface area contributed by atoms with Crippen LogP contribution in [-0.4, -0.2) is 9.55 Å². The van der Waals surface area contributed by atoms with Crippen LogP contribution in [0.15, 0.2) is 36.4 Å². The minimum absolute atomic E-state index is 0.604. The molecular formula is C16H13N3S. The standard InChI is InChI=1S/C16H13N3S/c1-10-6-7-15-13(8-10)18-16(20)19(15)14-5-3-4-11(2)12(14)9-17/h3-8H,1-2H3,(H,18,20). The fraction of sp³-hybridized carbons (Fsp3) is 0.125. The maximum atomic E-state index is 9.40. The van der Waals surface area contributed by atoms with Crippen LogP contribution in [0.3, 0.4) is 0 Å². The van der Waals surface area contributed by atoms with Crippen LogP contribution in [0, 0.1) is 29.9 Å². The van der Waals surface area contributed by atoms with Gasteiger partial charge in [-0.2, -0.15) is 5.26 Å². The second kappa shape index (κ2) is 4.62. The average molecular weight is 279 g/mol. The number of nitriles is 1. The highest BCUT2D eigenvalue weighted by Gasteiger charge is 2.11. The van der Waals surface area contributed by atoms with Crippen LogP contribution >= 0.6 is 12.2 Å². The van der Waals surface area contributed by atoms with E-state index in [-0.39, 0.29) is 0 Å². The van der Waals surface area contributed by atoms with E-state index in [1.165, 1.54) is 5.56 Å². The SMILES string of the molecule is Cc1ccc2c(c1)[nH]c(=S)n2-c1cccc(C)c1C#N. The highest BCUT2D eigenvalue weighted by atomic mass is 32.1. The van der Waals surface area contributed by atoms with Crippen molar-refractivity contribution in [1.29, 1.82) is 5.26 Å². The lowest BCUT2D eigenvalue weighted by Gasteiger charge is -2.08. The molecule has 3 rings (SSSR count). The number of hydrogen-bond acceptors (Lipinski definition) is 2. The van der Waals surface area contributed by atoms with Crippen molar-refractivity contribution in [2.75, 3.05) is 0 Å². The Hall–Kier alpha value is -2.38. The van der Waals surface area contributed by atoms with Gasteiger partial charge in [-0.05, 0) is 55.4 Å². The molecule has 0 radical (unpaired) electrons. The van der Waals surface area contributed by atoms with Crippen molar-refractivity contribution in [1.82, 2.24) is 9.55 Å². The van der Waals surface area contributed by atoms with Crippen LogP contribution in [0.4, 0.5) is 0 Å². The third-order valence-electron chi connectivity index (χ3n) is 3.44. The van der Waals surface area contributed by atoms with E-state index >= 15 is 0 Å². The van der Waals surface area contributed by atoms with Crippen molar-refractivity contribution < 1.29 is 0 Å². The summed E-state index contributed by atoms with van der Waals surface area (Å²) >= 11 is 5.43. The van der Waals surface area contributed by atoms with E-state index in [0.29, 0.717) is 10.3 Å². The normalized spacial score (nSPS) is 10.7. The summed E-state index contributed by atoms with van der Waals surface area (Å²) in [6.45, 7) is 3.98. The van der Waals surface area contributed by atoms with E-state index in [0.717, 1.165) is 22.3 Å². The van der Waals surface area contributed by atoms with Gasteiger partial charge >= 0.3 is 0 Å². The molecule has 0 amide bonds. The molecule has 20 heavy (non-hydrogen) atoms. The Morgan fingerprint density at radius 1 is 1.20 bits per heavy atom. The maximum Gasteiger partial charge on any atom is 0.182 e. The minimum Gasteiger partial charge on any atom is -0.330 e. The van der Waals surface area contributed by atoms with Crippen LogP contribution in [0.5, 0.6) is 0 Å². The van der Waals surface area contributed by atoms with E-state index in [1.807, 2.05) is 48.7 Å². The summed E-state index contributed by atoms with van der Waals surface area (Å²) in [7, 11) is 0. The largest absolute Gasteiger partial charge is 0.330 e. The van der Waals surface area contributed by atoms with Gasteiger partial charge in [0.15, 0.2) is 4.77 Å². The van der Waals surface area contributed by atoms with Gasteiger partial charge in [-0.25, -0.2) is 0 Å². The molecule has 2 aromatic carbocycles. The molecule has 0 aliphatic heterocycles. The number of nitrogens with one attached hydrogen (secondary N) is 1. The Labute approximate surface area is 122 Å². The quantitative estimate of drug-likeness (QED) is 0.679. The second-order valence-electron chi connectivity index (χ2n) is 4.87. The minimum atomic E-state index is 0.604. The lowest BCUT2D eigenvalue weighted by molar-refractivity contribution is 1.05. The van der Waals surface area contributed by atoms with E-state index in [9.17, 15) is 5.26 Å². The molecule has 0 unspecified atom stereocenters. The van der Waals surface area contributed by atoms with Crippen molar-refractivity contribution in [3.05, 3.63) is 57.9 Å². The molecule has 0 fully saturated rings. The summed E-state index contributed by atoms with van der Waals surface area (Å²) in [6.07, 6.45) is 0. The average Bonchev–Trinajstić information content (AvgIpc) is 2.73. The molecule has 0 bridgehead atoms. The molecule has 0 spiro atoms. The van der Waals surface area contributed by atoms with Crippen LogP contribution in [-0.2, 0) is 0 Å². The zero-order chi connectivity index (χ0) is 14.3. The first-order valence-corrected chi connectivity index (χ1v) is 6.74. The first-order valence-electron chi connectivity index (χ1n) is 6.33. The molecule has 0 saturated carbocycles. The van der Waals surface area contributed by atoms with E-state index in [4.69, 9.17) is 12.2 Å². The number of rotatable bonds is 1. The fourth-order valence-corrected chi connectivity index (χ4v) is 2.76. The van der Waals surface area contributed by atoms with Gasteiger partial charge in [0.2, 0.25) is 0 Å². The molecule has 1 aromatic heterocycles. The number of aryl methyl sites for hydroxylation is 2. The van der Waals surface area contributed by atoms with Crippen LogP contribution in [0.1, 0.15) is 16.7 Å². The predicted molar refractivity (Wildman–Crippen MR) is 82.6 cm³/mol. The van der Waals surface area contributed by atoms with Gasteiger partial charge in [0.05, 0.1) is 22.3 Å². The van der Waals surface area contributed by atoms with Crippen molar-refractivity contribution >= 4 is 23.3 Å². The number of H-pyrrole nitrogens is 1. The Bertz CT molecular complexity index is 910. The summed E-state index contributed by atoms with van der Waals surface area (Å²) in [5.41, 5.74) is 5.58. The Kier molecular flexibility index (Phi) is 2.92. The summed E-state index contributed by atoms with van der Waals surface area (Å²) in [6, 6.07) is 14.2. The zero-order valence-corrected chi connectivity index (χ0v) is 12.1. The number of aromatic nitrogens is 2. The highest BCUT2D eigenvalue weighted by Crippen LogP contribution is 2.24. The topological polar surface area (TPSA) is 44.5 Å². The highest BCUT2D eigenvalue weighted by molar-refractivity contribution is 7.71. The van der Waals surface area contributed by atoms with E-state index in [1.54, 1.807) is 0 Å². The third kappa shape index (κ3) is 1.84. The van der Waals surface area contributed by atoms with Crippen LogP contribution < -0.4 is 0 Å². The molecule has 0 aliphatic carbocycles. The number of aromatic amines is 1.